The molecule has 0 atom stereocenters. The molecule has 0 unspecified atom stereocenters. The van der Waals surface area contributed by atoms with Crippen molar-refractivity contribution in [2.24, 2.45) is 5.73 Å². The van der Waals surface area contributed by atoms with Crippen LogP contribution >= 0.6 is 11.6 Å². The Hall–Kier alpha value is -0.770. The molecule has 0 saturated carbocycles. The Kier molecular flexibility index (Phi) is 6.47. The summed E-state index contributed by atoms with van der Waals surface area (Å²) in [6, 6.07) is 6.56. The predicted molar refractivity (Wildman–Crippen MR) is 78.6 cm³/mol. The second-order valence-corrected chi connectivity index (χ2v) is 5.01. The zero-order chi connectivity index (χ0) is 13.5. The largest absolute Gasteiger partial charge is 0.383 e. The van der Waals surface area contributed by atoms with Gasteiger partial charge >= 0.3 is 0 Å². The number of rotatable bonds is 7. The van der Waals surface area contributed by atoms with Gasteiger partial charge in [-0.2, -0.15) is 0 Å². The first-order valence-corrected chi connectivity index (χ1v) is 6.72. The monoisotopic (exact) mass is 270 g/mol. The highest BCUT2D eigenvalue weighted by Crippen LogP contribution is 2.28. The van der Waals surface area contributed by atoms with Gasteiger partial charge in [0, 0.05) is 19.7 Å². The molecule has 4 heteroatoms. The lowest BCUT2D eigenvalue weighted by molar-refractivity contribution is 0.204. The standard InChI is InChI=1S/C14H23ClN2O/c1-11(2)17(8-9-18-3)14-5-4-12(6-7-16)10-13(14)15/h4-5,10-11H,6-9,16H2,1-3H3. The summed E-state index contributed by atoms with van der Waals surface area (Å²) >= 11 is 6.36. The zero-order valence-electron chi connectivity index (χ0n) is 11.4. The van der Waals surface area contributed by atoms with Crippen LogP contribution in [0.1, 0.15) is 19.4 Å². The fourth-order valence-electron chi connectivity index (χ4n) is 1.95. The lowest BCUT2D eigenvalue weighted by atomic mass is 10.1. The number of ether oxygens (including phenoxy) is 1. The molecular formula is C14H23ClN2O. The number of methoxy groups -OCH3 is 1. The molecule has 0 bridgehead atoms. The van der Waals surface area contributed by atoms with Crippen molar-refractivity contribution in [1.29, 1.82) is 0 Å². The quantitative estimate of drug-likeness (QED) is 0.828. The Labute approximate surface area is 115 Å². The SMILES string of the molecule is COCCN(c1ccc(CCN)cc1Cl)C(C)C. The Morgan fingerprint density at radius 2 is 2.11 bits per heavy atom. The van der Waals surface area contributed by atoms with E-state index in [0.717, 1.165) is 23.7 Å². The highest BCUT2D eigenvalue weighted by atomic mass is 35.5. The van der Waals surface area contributed by atoms with E-state index < -0.39 is 0 Å². The van der Waals surface area contributed by atoms with Crippen molar-refractivity contribution < 1.29 is 4.74 Å². The molecule has 0 amide bonds. The predicted octanol–water partition coefficient (Wildman–Crippen LogP) is 2.70. The number of nitrogens with zero attached hydrogens (tertiary/aromatic N) is 1. The molecule has 0 spiro atoms. The van der Waals surface area contributed by atoms with Crippen LogP contribution in [0.25, 0.3) is 0 Å². The summed E-state index contributed by atoms with van der Waals surface area (Å²) in [6.45, 7) is 6.48. The van der Waals surface area contributed by atoms with E-state index in [1.165, 1.54) is 5.56 Å². The number of anilines is 1. The molecule has 0 aliphatic heterocycles. The molecule has 1 rings (SSSR count). The fourth-order valence-corrected chi connectivity index (χ4v) is 2.26. The third kappa shape index (κ3) is 4.16. The second kappa shape index (κ2) is 7.62. The summed E-state index contributed by atoms with van der Waals surface area (Å²) in [7, 11) is 1.71. The van der Waals surface area contributed by atoms with Gasteiger partial charge in [0.05, 0.1) is 17.3 Å². The maximum atomic E-state index is 6.36. The van der Waals surface area contributed by atoms with Gasteiger partial charge < -0.3 is 15.4 Å². The smallest absolute Gasteiger partial charge is 0.0642 e. The third-order valence-corrected chi connectivity index (χ3v) is 3.22. The molecule has 2 N–H and O–H groups in total. The van der Waals surface area contributed by atoms with E-state index in [2.05, 4.69) is 30.9 Å². The van der Waals surface area contributed by atoms with E-state index in [9.17, 15) is 0 Å². The average molecular weight is 271 g/mol. The van der Waals surface area contributed by atoms with E-state index in [1.54, 1.807) is 7.11 Å². The molecule has 0 radical (unpaired) electrons. The number of halogens is 1. The van der Waals surface area contributed by atoms with E-state index in [-0.39, 0.29) is 0 Å². The van der Waals surface area contributed by atoms with Crippen LogP contribution in [-0.4, -0.2) is 32.8 Å². The van der Waals surface area contributed by atoms with E-state index in [0.29, 0.717) is 19.2 Å². The molecule has 0 aliphatic rings. The van der Waals surface area contributed by atoms with Crippen LogP contribution in [0.2, 0.25) is 5.02 Å². The van der Waals surface area contributed by atoms with Gasteiger partial charge in [-0.05, 0) is 44.5 Å². The first-order valence-electron chi connectivity index (χ1n) is 6.34. The van der Waals surface area contributed by atoms with Gasteiger partial charge in [-0.1, -0.05) is 17.7 Å². The minimum Gasteiger partial charge on any atom is -0.383 e. The molecule has 18 heavy (non-hydrogen) atoms. The Morgan fingerprint density at radius 1 is 1.39 bits per heavy atom. The van der Waals surface area contributed by atoms with Gasteiger partial charge in [-0.15, -0.1) is 0 Å². The first-order chi connectivity index (χ1) is 8.60. The summed E-state index contributed by atoms with van der Waals surface area (Å²) in [5, 5.41) is 0.783. The molecular weight excluding hydrogens is 248 g/mol. The number of nitrogens with two attached hydrogens (primary N) is 1. The molecule has 102 valence electrons. The average Bonchev–Trinajstić information content (AvgIpc) is 2.32. The maximum absolute atomic E-state index is 6.36. The molecule has 0 heterocycles. The molecule has 0 saturated heterocycles. The summed E-state index contributed by atoms with van der Waals surface area (Å²) in [5.74, 6) is 0. The summed E-state index contributed by atoms with van der Waals surface area (Å²) < 4.78 is 5.14. The van der Waals surface area contributed by atoms with E-state index in [1.807, 2.05) is 6.07 Å². The van der Waals surface area contributed by atoms with Gasteiger partial charge in [0.2, 0.25) is 0 Å². The molecule has 0 aromatic heterocycles. The molecule has 0 fully saturated rings. The van der Waals surface area contributed by atoms with Gasteiger partial charge in [-0.3, -0.25) is 0 Å². The number of hydrogen-bond acceptors (Lipinski definition) is 3. The lowest BCUT2D eigenvalue weighted by Gasteiger charge is -2.29. The topological polar surface area (TPSA) is 38.5 Å². The second-order valence-electron chi connectivity index (χ2n) is 4.60. The van der Waals surface area contributed by atoms with Gasteiger partial charge in [0.15, 0.2) is 0 Å². The van der Waals surface area contributed by atoms with Crippen LogP contribution in [0.5, 0.6) is 0 Å². The minimum absolute atomic E-state index is 0.387. The van der Waals surface area contributed by atoms with Gasteiger partial charge in [0.1, 0.15) is 0 Å². The number of benzene rings is 1. The summed E-state index contributed by atoms with van der Waals surface area (Å²) in [4.78, 5) is 2.25. The van der Waals surface area contributed by atoms with Crippen molar-refractivity contribution in [3.05, 3.63) is 28.8 Å². The van der Waals surface area contributed by atoms with Crippen LogP contribution in [0, 0.1) is 0 Å². The van der Waals surface area contributed by atoms with Crippen molar-refractivity contribution in [3.63, 3.8) is 0 Å². The highest BCUT2D eigenvalue weighted by molar-refractivity contribution is 6.33. The third-order valence-electron chi connectivity index (χ3n) is 2.91. The van der Waals surface area contributed by atoms with E-state index in [4.69, 9.17) is 22.1 Å². The van der Waals surface area contributed by atoms with Crippen molar-refractivity contribution >= 4 is 17.3 Å². The molecule has 3 nitrogen and oxygen atoms in total. The Bertz CT molecular complexity index is 369. The molecule has 0 aliphatic carbocycles. The van der Waals surface area contributed by atoms with Crippen LogP contribution in [0.3, 0.4) is 0 Å². The van der Waals surface area contributed by atoms with E-state index >= 15 is 0 Å². The van der Waals surface area contributed by atoms with Crippen molar-refractivity contribution in [2.75, 3.05) is 31.7 Å². The summed E-state index contributed by atoms with van der Waals surface area (Å²) in [5.41, 5.74) is 7.79. The fraction of sp³-hybridized carbons (Fsp3) is 0.571. The lowest BCUT2D eigenvalue weighted by Crippen LogP contribution is -2.34. The minimum atomic E-state index is 0.387. The van der Waals surface area contributed by atoms with Gasteiger partial charge in [-0.25, -0.2) is 0 Å². The Morgan fingerprint density at radius 3 is 2.61 bits per heavy atom. The normalized spacial score (nSPS) is 11.0. The first kappa shape index (κ1) is 15.3. The van der Waals surface area contributed by atoms with Crippen LogP contribution < -0.4 is 10.6 Å². The maximum Gasteiger partial charge on any atom is 0.0642 e. The van der Waals surface area contributed by atoms with Gasteiger partial charge in [0.25, 0.3) is 0 Å². The van der Waals surface area contributed by atoms with Crippen LogP contribution in [-0.2, 0) is 11.2 Å². The van der Waals surface area contributed by atoms with Crippen molar-refractivity contribution in [1.82, 2.24) is 0 Å². The highest BCUT2D eigenvalue weighted by Gasteiger charge is 2.13. The molecule has 1 aromatic rings. The Balaban J connectivity index is 2.90. The van der Waals surface area contributed by atoms with Crippen molar-refractivity contribution in [3.8, 4) is 0 Å². The number of hydrogen-bond donors (Lipinski definition) is 1. The van der Waals surface area contributed by atoms with Crippen LogP contribution in [0.4, 0.5) is 5.69 Å². The van der Waals surface area contributed by atoms with Crippen molar-refractivity contribution in [2.45, 2.75) is 26.3 Å². The summed E-state index contributed by atoms with van der Waals surface area (Å²) in [6.07, 6.45) is 0.861. The molecule has 1 aromatic carbocycles. The zero-order valence-corrected chi connectivity index (χ0v) is 12.2. The van der Waals surface area contributed by atoms with Crippen LogP contribution in [0.15, 0.2) is 18.2 Å².